The molecule has 2 atom stereocenters. The van der Waals surface area contributed by atoms with Gasteiger partial charge in [0.15, 0.2) is 6.29 Å². The number of aliphatic hydroxyl groups is 2. The Hall–Kier alpha value is -0.910. The molecule has 1 aromatic rings. The van der Waals surface area contributed by atoms with Crippen LogP contribution in [-0.4, -0.2) is 41.8 Å². The average molecular weight is 213 g/mol. The van der Waals surface area contributed by atoms with E-state index in [4.69, 9.17) is 0 Å². The number of rotatable bonds is 2. The van der Waals surface area contributed by atoms with Gasteiger partial charge in [-0.2, -0.15) is 0 Å². The molecule has 1 aliphatic rings. The van der Waals surface area contributed by atoms with Crippen molar-refractivity contribution in [2.75, 3.05) is 18.0 Å². The molecule has 0 spiro atoms. The summed E-state index contributed by atoms with van der Waals surface area (Å²) in [5.41, 5.74) is 0. The van der Waals surface area contributed by atoms with Crippen LogP contribution >= 0.6 is 11.3 Å². The van der Waals surface area contributed by atoms with Gasteiger partial charge < -0.3 is 15.1 Å². The second-order valence-corrected chi connectivity index (χ2v) is 4.43. The van der Waals surface area contributed by atoms with Crippen molar-refractivity contribution in [2.45, 2.75) is 12.2 Å². The van der Waals surface area contributed by atoms with Gasteiger partial charge in [-0.1, -0.05) is 0 Å². The van der Waals surface area contributed by atoms with Gasteiger partial charge in [-0.3, -0.25) is 4.79 Å². The number of aliphatic hydroxyl groups excluding tert-OH is 2. The fraction of sp³-hybridized carbons (Fsp3) is 0.444. The summed E-state index contributed by atoms with van der Waals surface area (Å²) in [5, 5.41) is 19.6. The number of β-amino-alcohol motifs (C(OH)–C–C–N with tert-alkyl or cyclic N) is 2. The van der Waals surface area contributed by atoms with Crippen LogP contribution in [0.15, 0.2) is 12.1 Å². The summed E-state index contributed by atoms with van der Waals surface area (Å²) in [4.78, 5) is 13.0. The molecule has 0 radical (unpaired) electrons. The fourth-order valence-corrected chi connectivity index (χ4v) is 2.36. The molecule has 0 aromatic carbocycles. The lowest BCUT2D eigenvalue weighted by molar-refractivity contribution is 0.0572. The van der Waals surface area contributed by atoms with Crippen molar-refractivity contribution in [3.8, 4) is 0 Å². The van der Waals surface area contributed by atoms with Gasteiger partial charge in [0.2, 0.25) is 0 Å². The predicted octanol–water partition coefficient (Wildman–Crippen LogP) is 0.102. The minimum atomic E-state index is -0.684. The number of carbonyl (C=O) groups excluding carboxylic acids is 1. The van der Waals surface area contributed by atoms with Crippen molar-refractivity contribution in [3.05, 3.63) is 17.0 Å². The number of thiophene rings is 1. The van der Waals surface area contributed by atoms with Gasteiger partial charge in [0, 0.05) is 13.1 Å². The summed E-state index contributed by atoms with van der Waals surface area (Å²) < 4.78 is 0. The summed E-state index contributed by atoms with van der Waals surface area (Å²) in [5.74, 6) is 0. The Labute approximate surface area is 85.4 Å². The highest BCUT2D eigenvalue weighted by molar-refractivity contribution is 7.17. The minimum Gasteiger partial charge on any atom is -0.389 e. The van der Waals surface area contributed by atoms with E-state index in [1.165, 1.54) is 11.3 Å². The number of carbonyl (C=O) groups is 1. The first-order valence-electron chi connectivity index (χ1n) is 4.37. The molecule has 1 fully saturated rings. The van der Waals surface area contributed by atoms with Crippen molar-refractivity contribution in [3.63, 3.8) is 0 Å². The number of hydrogen-bond donors (Lipinski definition) is 2. The zero-order valence-corrected chi connectivity index (χ0v) is 8.28. The molecule has 0 saturated carbocycles. The van der Waals surface area contributed by atoms with Gasteiger partial charge in [0.1, 0.15) is 0 Å². The Morgan fingerprint density at radius 1 is 1.36 bits per heavy atom. The van der Waals surface area contributed by atoms with Crippen LogP contribution < -0.4 is 4.90 Å². The van der Waals surface area contributed by atoms with E-state index in [1.54, 1.807) is 6.07 Å². The fourth-order valence-electron chi connectivity index (χ4n) is 1.52. The molecule has 5 heteroatoms. The zero-order valence-electron chi connectivity index (χ0n) is 7.46. The quantitative estimate of drug-likeness (QED) is 0.684. The number of aldehydes is 1. The standard InChI is InChI=1S/C9H11NO3S/c11-5-6-1-2-9(14-6)10-3-7(12)8(13)4-10/h1-2,5,7-8,12-13H,3-4H2. The lowest BCUT2D eigenvalue weighted by atomic mass is 10.3. The van der Waals surface area contributed by atoms with Crippen LogP contribution in [0.1, 0.15) is 9.67 Å². The minimum absolute atomic E-state index is 0.431. The van der Waals surface area contributed by atoms with Gasteiger partial charge in [-0.15, -0.1) is 11.3 Å². The summed E-state index contributed by atoms with van der Waals surface area (Å²) >= 11 is 1.37. The molecule has 1 aromatic heterocycles. The third kappa shape index (κ3) is 1.66. The molecule has 1 aliphatic heterocycles. The first kappa shape index (κ1) is 9.64. The normalized spacial score (nSPS) is 26.9. The van der Waals surface area contributed by atoms with Crippen LogP contribution in [0, 0.1) is 0 Å². The number of nitrogens with zero attached hydrogens (tertiary/aromatic N) is 1. The second kappa shape index (κ2) is 3.68. The zero-order chi connectivity index (χ0) is 10.1. The van der Waals surface area contributed by atoms with E-state index in [2.05, 4.69) is 0 Å². The van der Waals surface area contributed by atoms with E-state index in [9.17, 15) is 15.0 Å². The first-order chi connectivity index (χ1) is 6.70. The van der Waals surface area contributed by atoms with Crippen molar-refractivity contribution in [1.29, 1.82) is 0 Å². The summed E-state index contributed by atoms with van der Waals surface area (Å²) in [6.45, 7) is 0.861. The van der Waals surface area contributed by atoms with Crippen LogP contribution in [0.3, 0.4) is 0 Å². The van der Waals surface area contributed by atoms with Crippen LogP contribution in [0.2, 0.25) is 0 Å². The third-order valence-corrected chi connectivity index (χ3v) is 3.37. The Bertz CT molecular complexity index is 329. The molecule has 2 heterocycles. The van der Waals surface area contributed by atoms with Crippen LogP contribution in [0.5, 0.6) is 0 Å². The summed E-state index contributed by atoms with van der Waals surface area (Å²) in [6, 6.07) is 3.57. The van der Waals surface area contributed by atoms with Crippen molar-refractivity contribution in [1.82, 2.24) is 0 Å². The van der Waals surface area contributed by atoms with E-state index in [1.807, 2.05) is 11.0 Å². The molecule has 2 unspecified atom stereocenters. The number of anilines is 1. The molecular formula is C9H11NO3S. The Morgan fingerprint density at radius 3 is 2.50 bits per heavy atom. The van der Waals surface area contributed by atoms with Gasteiger partial charge in [-0.25, -0.2) is 0 Å². The van der Waals surface area contributed by atoms with Gasteiger partial charge in [0.25, 0.3) is 0 Å². The molecule has 2 rings (SSSR count). The smallest absolute Gasteiger partial charge is 0.160 e. The van der Waals surface area contributed by atoms with E-state index < -0.39 is 12.2 Å². The van der Waals surface area contributed by atoms with Gasteiger partial charge in [0.05, 0.1) is 22.1 Å². The van der Waals surface area contributed by atoms with E-state index in [-0.39, 0.29) is 0 Å². The highest BCUT2D eigenvalue weighted by Gasteiger charge is 2.30. The summed E-state index contributed by atoms with van der Waals surface area (Å²) in [6.07, 6.45) is -0.564. The lowest BCUT2D eigenvalue weighted by Gasteiger charge is -2.13. The van der Waals surface area contributed by atoms with E-state index in [0.29, 0.717) is 18.0 Å². The second-order valence-electron chi connectivity index (χ2n) is 3.33. The molecule has 14 heavy (non-hydrogen) atoms. The molecule has 4 nitrogen and oxygen atoms in total. The average Bonchev–Trinajstić information content (AvgIpc) is 2.74. The third-order valence-electron chi connectivity index (χ3n) is 2.30. The van der Waals surface area contributed by atoms with E-state index in [0.717, 1.165) is 11.3 Å². The van der Waals surface area contributed by atoms with Gasteiger partial charge in [-0.05, 0) is 12.1 Å². The maximum absolute atomic E-state index is 10.5. The lowest BCUT2D eigenvalue weighted by Crippen LogP contribution is -2.22. The Morgan fingerprint density at radius 2 is 2.00 bits per heavy atom. The van der Waals surface area contributed by atoms with Crippen LogP contribution in [0.25, 0.3) is 0 Å². The molecular weight excluding hydrogens is 202 g/mol. The molecule has 1 saturated heterocycles. The van der Waals surface area contributed by atoms with Crippen molar-refractivity contribution >= 4 is 22.6 Å². The molecule has 0 amide bonds. The number of hydrogen-bond acceptors (Lipinski definition) is 5. The SMILES string of the molecule is O=Cc1ccc(N2CC(O)C(O)C2)s1. The van der Waals surface area contributed by atoms with Gasteiger partial charge >= 0.3 is 0 Å². The highest BCUT2D eigenvalue weighted by Crippen LogP contribution is 2.28. The van der Waals surface area contributed by atoms with E-state index >= 15 is 0 Å². The Balaban J connectivity index is 2.12. The van der Waals surface area contributed by atoms with Crippen LogP contribution in [0.4, 0.5) is 5.00 Å². The van der Waals surface area contributed by atoms with Crippen molar-refractivity contribution in [2.24, 2.45) is 0 Å². The largest absolute Gasteiger partial charge is 0.389 e. The topological polar surface area (TPSA) is 60.8 Å². The monoisotopic (exact) mass is 213 g/mol. The maximum Gasteiger partial charge on any atom is 0.160 e. The predicted molar refractivity (Wildman–Crippen MR) is 53.9 cm³/mol. The Kier molecular flexibility index (Phi) is 2.54. The first-order valence-corrected chi connectivity index (χ1v) is 5.18. The molecule has 2 N–H and O–H groups in total. The summed E-state index contributed by atoms with van der Waals surface area (Å²) in [7, 11) is 0. The molecule has 0 bridgehead atoms. The highest BCUT2D eigenvalue weighted by atomic mass is 32.1. The van der Waals surface area contributed by atoms with Crippen LogP contribution in [-0.2, 0) is 0 Å². The molecule has 0 aliphatic carbocycles. The molecule has 76 valence electrons. The van der Waals surface area contributed by atoms with Crippen molar-refractivity contribution < 1.29 is 15.0 Å². The maximum atomic E-state index is 10.5.